The number of carbonyl (C=O) groups is 1. The van der Waals surface area contributed by atoms with Crippen molar-refractivity contribution in [1.82, 2.24) is 25.7 Å². The Balaban J connectivity index is 1.30. The fraction of sp³-hybridized carbons (Fsp3) is 0.571. The van der Waals surface area contributed by atoms with E-state index in [1.165, 1.54) is 0 Å². The van der Waals surface area contributed by atoms with Gasteiger partial charge >= 0.3 is 0 Å². The van der Waals surface area contributed by atoms with Gasteiger partial charge in [0.25, 0.3) is 0 Å². The third-order valence-electron chi connectivity index (χ3n) is 3.51. The molecular formula is C14H19N5O2. The number of aromatic amines is 1. The Labute approximate surface area is 122 Å². The van der Waals surface area contributed by atoms with Gasteiger partial charge < -0.3 is 9.84 Å². The number of hydrogen-bond acceptors (Lipinski definition) is 5. The summed E-state index contributed by atoms with van der Waals surface area (Å²) in [6, 6.07) is 0. The maximum absolute atomic E-state index is 11.7. The Hall–Kier alpha value is -2.18. The minimum Gasteiger partial charge on any atom is -0.356 e. The van der Waals surface area contributed by atoms with E-state index in [0.717, 1.165) is 37.1 Å². The fourth-order valence-corrected chi connectivity index (χ4v) is 2.13. The molecule has 0 aromatic carbocycles. The number of rotatable bonds is 8. The lowest BCUT2D eigenvalue weighted by Crippen LogP contribution is -2.25. The lowest BCUT2D eigenvalue weighted by molar-refractivity contribution is -0.121. The molecule has 0 aliphatic heterocycles. The van der Waals surface area contributed by atoms with E-state index in [1.807, 2.05) is 6.20 Å². The lowest BCUT2D eigenvalue weighted by Gasteiger charge is -2.02. The Bertz CT molecular complexity index is 574. The Morgan fingerprint density at radius 3 is 3.10 bits per heavy atom. The summed E-state index contributed by atoms with van der Waals surface area (Å²) >= 11 is 0. The number of aromatic nitrogens is 4. The van der Waals surface area contributed by atoms with Crippen LogP contribution in [0, 0.1) is 0 Å². The second-order valence-corrected chi connectivity index (χ2v) is 5.38. The summed E-state index contributed by atoms with van der Waals surface area (Å²) in [6.07, 6.45) is 8.74. The second-order valence-electron chi connectivity index (χ2n) is 5.38. The number of nitrogens with zero attached hydrogens (tertiary/aromatic N) is 3. The largest absolute Gasteiger partial charge is 0.356 e. The molecule has 7 heteroatoms. The second kappa shape index (κ2) is 6.51. The van der Waals surface area contributed by atoms with Gasteiger partial charge in [-0.15, -0.1) is 0 Å². The summed E-state index contributed by atoms with van der Waals surface area (Å²) in [5, 5.41) is 13.4. The maximum Gasteiger partial charge on any atom is 0.229 e. The first-order chi connectivity index (χ1) is 10.3. The molecule has 0 unspecified atom stereocenters. The van der Waals surface area contributed by atoms with Crippen LogP contribution >= 0.6 is 0 Å². The monoisotopic (exact) mass is 289 g/mol. The van der Waals surface area contributed by atoms with Crippen LogP contribution in [0.1, 0.15) is 48.9 Å². The van der Waals surface area contributed by atoms with Crippen molar-refractivity contribution in [3.05, 3.63) is 29.7 Å². The number of nitrogens with one attached hydrogen (secondary N) is 2. The third-order valence-corrected chi connectivity index (χ3v) is 3.51. The molecule has 21 heavy (non-hydrogen) atoms. The molecule has 7 nitrogen and oxygen atoms in total. The lowest BCUT2D eigenvalue weighted by atomic mass is 10.1. The molecule has 2 heterocycles. The van der Waals surface area contributed by atoms with Gasteiger partial charge in [0.2, 0.25) is 11.8 Å². The SMILES string of the molecule is O=C(CCCc1cn[nH]c1)NCCc1noc(C2CC2)n1. The smallest absolute Gasteiger partial charge is 0.229 e. The van der Waals surface area contributed by atoms with Crippen molar-refractivity contribution >= 4 is 5.91 Å². The fourth-order valence-electron chi connectivity index (χ4n) is 2.13. The molecule has 2 aromatic rings. The standard InChI is InChI=1S/C14H19N5O2/c20-13(3-1-2-10-8-16-17-9-10)15-7-6-12-18-14(21-19-12)11-4-5-11/h8-9,11H,1-7H2,(H,15,20)(H,16,17). The Morgan fingerprint density at radius 2 is 2.33 bits per heavy atom. The molecule has 2 N–H and O–H groups in total. The molecule has 112 valence electrons. The zero-order chi connectivity index (χ0) is 14.5. The van der Waals surface area contributed by atoms with Gasteiger partial charge in [-0.05, 0) is 31.2 Å². The molecule has 1 fully saturated rings. The van der Waals surface area contributed by atoms with Crippen molar-refractivity contribution in [2.75, 3.05) is 6.54 Å². The summed E-state index contributed by atoms with van der Waals surface area (Å²) in [5.74, 6) is 1.96. The zero-order valence-corrected chi connectivity index (χ0v) is 11.8. The molecule has 0 atom stereocenters. The van der Waals surface area contributed by atoms with Crippen molar-refractivity contribution in [2.45, 2.75) is 44.4 Å². The first-order valence-corrected chi connectivity index (χ1v) is 7.38. The predicted molar refractivity (Wildman–Crippen MR) is 74.5 cm³/mol. The number of H-pyrrole nitrogens is 1. The van der Waals surface area contributed by atoms with Gasteiger partial charge in [0.15, 0.2) is 5.82 Å². The number of hydrogen-bond donors (Lipinski definition) is 2. The first kappa shape index (κ1) is 13.8. The average molecular weight is 289 g/mol. The van der Waals surface area contributed by atoms with E-state index in [1.54, 1.807) is 6.20 Å². The molecule has 1 aliphatic rings. The molecule has 0 saturated heterocycles. The predicted octanol–water partition coefficient (Wildman–Crippen LogP) is 1.35. The normalized spacial score (nSPS) is 14.3. The van der Waals surface area contributed by atoms with Gasteiger partial charge in [0, 0.05) is 31.5 Å². The molecule has 0 spiro atoms. The van der Waals surface area contributed by atoms with Crippen molar-refractivity contribution in [3.8, 4) is 0 Å². The maximum atomic E-state index is 11.7. The van der Waals surface area contributed by atoms with Gasteiger partial charge in [-0.2, -0.15) is 10.1 Å². The highest BCUT2D eigenvalue weighted by molar-refractivity contribution is 5.75. The molecule has 3 rings (SSSR count). The van der Waals surface area contributed by atoms with Crippen molar-refractivity contribution in [3.63, 3.8) is 0 Å². The Kier molecular flexibility index (Phi) is 4.28. The van der Waals surface area contributed by atoms with Crippen LogP contribution < -0.4 is 5.32 Å². The molecule has 0 bridgehead atoms. The summed E-state index contributed by atoms with van der Waals surface area (Å²) in [7, 11) is 0. The topological polar surface area (TPSA) is 96.7 Å². The molecule has 1 amide bonds. The summed E-state index contributed by atoms with van der Waals surface area (Å²) in [6.45, 7) is 0.550. The summed E-state index contributed by atoms with van der Waals surface area (Å²) in [5.41, 5.74) is 1.13. The molecule has 1 saturated carbocycles. The third kappa shape index (κ3) is 4.14. The van der Waals surface area contributed by atoms with Crippen molar-refractivity contribution in [1.29, 1.82) is 0 Å². The minimum absolute atomic E-state index is 0.0596. The quantitative estimate of drug-likeness (QED) is 0.764. The van der Waals surface area contributed by atoms with Crippen LogP contribution in [0.2, 0.25) is 0 Å². The van der Waals surface area contributed by atoms with Gasteiger partial charge in [0.05, 0.1) is 6.20 Å². The number of carbonyl (C=O) groups excluding carboxylic acids is 1. The molecule has 2 aromatic heterocycles. The van der Waals surface area contributed by atoms with Crippen LogP contribution in [0.4, 0.5) is 0 Å². The Morgan fingerprint density at radius 1 is 1.43 bits per heavy atom. The van der Waals surface area contributed by atoms with Gasteiger partial charge in [-0.1, -0.05) is 5.16 Å². The molecule has 1 aliphatic carbocycles. The average Bonchev–Trinajstić information content (AvgIpc) is 3.00. The van der Waals surface area contributed by atoms with Gasteiger partial charge in [0.1, 0.15) is 0 Å². The van der Waals surface area contributed by atoms with Crippen LogP contribution in [0.5, 0.6) is 0 Å². The zero-order valence-electron chi connectivity index (χ0n) is 11.8. The van der Waals surface area contributed by atoms with Crippen LogP contribution in [0.25, 0.3) is 0 Å². The van der Waals surface area contributed by atoms with E-state index < -0.39 is 0 Å². The van der Waals surface area contributed by atoms with Gasteiger partial charge in [-0.3, -0.25) is 9.89 Å². The van der Waals surface area contributed by atoms with E-state index >= 15 is 0 Å². The highest BCUT2D eigenvalue weighted by Crippen LogP contribution is 2.38. The van der Waals surface area contributed by atoms with Crippen molar-refractivity contribution in [2.24, 2.45) is 0 Å². The first-order valence-electron chi connectivity index (χ1n) is 7.38. The van der Waals surface area contributed by atoms with E-state index in [0.29, 0.717) is 31.1 Å². The van der Waals surface area contributed by atoms with E-state index in [-0.39, 0.29) is 5.91 Å². The van der Waals surface area contributed by atoms with Gasteiger partial charge in [-0.25, -0.2) is 0 Å². The minimum atomic E-state index is 0.0596. The number of aryl methyl sites for hydroxylation is 1. The van der Waals surface area contributed by atoms with Crippen molar-refractivity contribution < 1.29 is 9.32 Å². The summed E-state index contributed by atoms with van der Waals surface area (Å²) < 4.78 is 5.17. The molecule has 0 radical (unpaired) electrons. The van der Waals surface area contributed by atoms with Crippen LogP contribution in [-0.2, 0) is 17.6 Å². The van der Waals surface area contributed by atoms with E-state index in [9.17, 15) is 4.79 Å². The molecular weight excluding hydrogens is 270 g/mol. The van der Waals surface area contributed by atoms with E-state index in [2.05, 4.69) is 25.7 Å². The number of amides is 1. The highest BCUT2D eigenvalue weighted by atomic mass is 16.5. The van der Waals surface area contributed by atoms with Crippen LogP contribution in [0.15, 0.2) is 16.9 Å². The van der Waals surface area contributed by atoms with E-state index in [4.69, 9.17) is 4.52 Å². The van der Waals surface area contributed by atoms with Crippen LogP contribution in [0.3, 0.4) is 0 Å². The highest BCUT2D eigenvalue weighted by Gasteiger charge is 2.29. The van der Waals surface area contributed by atoms with Crippen LogP contribution in [-0.4, -0.2) is 32.8 Å². The summed E-state index contributed by atoms with van der Waals surface area (Å²) in [4.78, 5) is 16.0.